The maximum Gasteiger partial charge on any atom is 0.241 e. The van der Waals surface area contributed by atoms with Crippen molar-refractivity contribution in [2.75, 3.05) is 39.3 Å². The number of hydrogen-bond acceptors (Lipinski definition) is 7. The summed E-state index contributed by atoms with van der Waals surface area (Å²) in [6, 6.07) is 3.98. The second kappa shape index (κ2) is 6.45. The van der Waals surface area contributed by atoms with E-state index in [1.165, 1.54) is 0 Å². The third kappa shape index (κ3) is 3.24. The van der Waals surface area contributed by atoms with Crippen LogP contribution in [0.3, 0.4) is 0 Å². The van der Waals surface area contributed by atoms with E-state index in [0.29, 0.717) is 18.3 Å². The molecule has 0 atom stereocenters. The fourth-order valence-electron chi connectivity index (χ4n) is 2.33. The minimum Gasteiger partial charge on any atom is -0.395 e. The summed E-state index contributed by atoms with van der Waals surface area (Å²) in [4.78, 5) is 10.0. The number of thiophene rings is 1. The Morgan fingerprint density at radius 1 is 1.25 bits per heavy atom. The van der Waals surface area contributed by atoms with Crippen LogP contribution in [0.15, 0.2) is 22.0 Å². The Morgan fingerprint density at radius 3 is 2.75 bits per heavy atom. The van der Waals surface area contributed by atoms with Crippen molar-refractivity contribution in [3.8, 4) is 10.7 Å². The molecule has 0 unspecified atom stereocenters. The Morgan fingerprint density at radius 2 is 2.05 bits per heavy atom. The first-order valence-corrected chi connectivity index (χ1v) is 7.65. The Balaban J connectivity index is 1.54. The van der Waals surface area contributed by atoms with Gasteiger partial charge in [-0.2, -0.15) is 4.98 Å². The van der Waals surface area contributed by atoms with Gasteiger partial charge in [0.2, 0.25) is 11.7 Å². The summed E-state index contributed by atoms with van der Waals surface area (Å²) < 4.78 is 5.32. The van der Waals surface area contributed by atoms with E-state index >= 15 is 0 Å². The van der Waals surface area contributed by atoms with Gasteiger partial charge in [-0.05, 0) is 11.4 Å². The first-order valence-electron chi connectivity index (χ1n) is 6.77. The van der Waals surface area contributed by atoms with Crippen molar-refractivity contribution in [1.82, 2.24) is 19.9 Å². The van der Waals surface area contributed by atoms with Gasteiger partial charge in [0.25, 0.3) is 0 Å². The summed E-state index contributed by atoms with van der Waals surface area (Å²) >= 11 is 1.61. The fraction of sp³-hybridized carbons (Fsp3) is 0.538. The molecular weight excluding hydrogens is 276 g/mol. The van der Waals surface area contributed by atoms with Gasteiger partial charge in [-0.25, -0.2) is 0 Å². The van der Waals surface area contributed by atoms with E-state index in [0.717, 1.165) is 37.6 Å². The SMILES string of the molecule is OCCN1CCN(Cc2nc(-c3cccs3)no2)CC1. The molecular formula is C13H18N4O2S. The number of hydrogen-bond donors (Lipinski definition) is 1. The van der Waals surface area contributed by atoms with Gasteiger partial charge >= 0.3 is 0 Å². The minimum atomic E-state index is 0.230. The Labute approximate surface area is 121 Å². The topological polar surface area (TPSA) is 65.6 Å². The predicted molar refractivity (Wildman–Crippen MR) is 76.4 cm³/mol. The molecule has 1 saturated heterocycles. The zero-order chi connectivity index (χ0) is 13.8. The molecule has 1 fully saturated rings. The van der Waals surface area contributed by atoms with Gasteiger partial charge in [0.15, 0.2) is 0 Å². The van der Waals surface area contributed by atoms with Crippen molar-refractivity contribution in [2.45, 2.75) is 6.54 Å². The highest BCUT2D eigenvalue weighted by atomic mass is 32.1. The lowest BCUT2D eigenvalue weighted by Crippen LogP contribution is -2.46. The van der Waals surface area contributed by atoms with Gasteiger partial charge in [-0.1, -0.05) is 11.2 Å². The minimum absolute atomic E-state index is 0.230. The summed E-state index contributed by atoms with van der Waals surface area (Å²) in [5, 5.41) is 15.0. The van der Waals surface area contributed by atoms with Crippen LogP contribution in [0.5, 0.6) is 0 Å². The molecule has 0 aliphatic carbocycles. The van der Waals surface area contributed by atoms with E-state index in [-0.39, 0.29) is 6.61 Å². The van der Waals surface area contributed by atoms with Crippen LogP contribution in [-0.4, -0.2) is 64.4 Å². The van der Waals surface area contributed by atoms with Gasteiger partial charge in [0.05, 0.1) is 18.0 Å². The van der Waals surface area contributed by atoms with Crippen molar-refractivity contribution in [3.05, 3.63) is 23.4 Å². The van der Waals surface area contributed by atoms with Crippen LogP contribution in [0, 0.1) is 0 Å². The number of β-amino-alcohol motifs (C(OH)–C–C–N with tert-alkyl or cyclic N) is 1. The standard InChI is InChI=1S/C13H18N4O2S/c18-8-7-16-3-5-17(6-4-16)10-12-14-13(15-19-12)11-2-1-9-20-11/h1-2,9,18H,3-8,10H2. The number of aromatic nitrogens is 2. The van der Waals surface area contributed by atoms with Gasteiger partial charge in [0.1, 0.15) is 0 Å². The van der Waals surface area contributed by atoms with Gasteiger partial charge < -0.3 is 9.63 Å². The van der Waals surface area contributed by atoms with Crippen molar-refractivity contribution in [1.29, 1.82) is 0 Å². The van der Waals surface area contributed by atoms with Gasteiger partial charge in [-0.3, -0.25) is 9.80 Å². The lowest BCUT2D eigenvalue weighted by Gasteiger charge is -2.33. The molecule has 20 heavy (non-hydrogen) atoms. The number of aliphatic hydroxyl groups excluding tert-OH is 1. The number of rotatable bonds is 5. The molecule has 0 saturated carbocycles. The van der Waals surface area contributed by atoms with Crippen molar-refractivity contribution >= 4 is 11.3 Å². The largest absolute Gasteiger partial charge is 0.395 e. The zero-order valence-electron chi connectivity index (χ0n) is 11.2. The molecule has 0 aromatic carbocycles. The molecule has 1 aliphatic rings. The first-order chi connectivity index (χ1) is 9.85. The van der Waals surface area contributed by atoms with E-state index < -0.39 is 0 Å². The van der Waals surface area contributed by atoms with E-state index in [1.807, 2.05) is 17.5 Å². The van der Waals surface area contributed by atoms with Crippen molar-refractivity contribution in [2.24, 2.45) is 0 Å². The van der Waals surface area contributed by atoms with E-state index in [1.54, 1.807) is 11.3 Å². The second-order valence-corrected chi connectivity index (χ2v) is 5.78. The van der Waals surface area contributed by atoms with Gasteiger partial charge in [0, 0.05) is 32.7 Å². The van der Waals surface area contributed by atoms with E-state index in [4.69, 9.17) is 9.63 Å². The number of nitrogens with zero attached hydrogens (tertiary/aromatic N) is 4. The average molecular weight is 294 g/mol. The molecule has 6 nitrogen and oxygen atoms in total. The Hall–Kier alpha value is -1.28. The molecule has 3 rings (SSSR count). The van der Waals surface area contributed by atoms with Crippen LogP contribution >= 0.6 is 11.3 Å². The summed E-state index contributed by atoms with van der Waals surface area (Å²) in [5.74, 6) is 1.35. The smallest absolute Gasteiger partial charge is 0.241 e. The van der Waals surface area contributed by atoms with Crippen molar-refractivity contribution < 1.29 is 9.63 Å². The molecule has 7 heteroatoms. The van der Waals surface area contributed by atoms with E-state index in [9.17, 15) is 0 Å². The average Bonchev–Trinajstić information content (AvgIpc) is 3.12. The Kier molecular flexibility index (Phi) is 4.41. The molecule has 2 aromatic rings. The summed E-state index contributed by atoms with van der Waals surface area (Å²) in [6.45, 7) is 5.59. The number of piperazine rings is 1. The lowest BCUT2D eigenvalue weighted by atomic mass is 10.3. The first kappa shape index (κ1) is 13.7. The molecule has 1 N–H and O–H groups in total. The lowest BCUT2D eigenvalue weighted by molar-refractivity contribution is 0.101. The van der Waals surface area contributed by atoms with Crippen LogP contribution in [0.25, 0.3) is 10.7 Å². The van der Waals surface area contributed by atoms with Crippen LogP contribution in [0.1, 0.15) is 5.89 Å². The Bertz CT molecular complexity index is 520. The highest BCUT2D eigenvalue weighted by molar-refractivity contribution is 7.13. The fourth-order valence-corrected chi connectivity index (χ4v) is 2.98. The maximum absolute atomic E-state index is 8.93. The monoisotopic (exact) mass is 294 g/mol. The van der Waals surface area contributed by atoms with Crippen LogP contribution in [-0.2, 0) is 6.54 Å². The molecule has 0 spiro atoms. The molecule has 1 aliphatic heterocycles. The third-order valence-corrected chi connectivity index (χ3v) is 4.32. The van der Waals surface area contributed by atoms with E-state index in [2.05, 4.69) is 19.9 Å². The summed E-state index contributed by atoms with van der Waals surface area (Å²) in [5.41, 5.74) is 0. The second-order valence-electron chi connectivity index (χ2n) is 4.83. The summed E-state index contributed by atoms with van der Waals surface area (Å²) in [6.07, 6.45) is 0. The molecule has 0 radical (unpaired) electrons. The zero-order valence-corrected chi connectivity index (χ0v) is 12.1. The van der Waals surface area contributed by atoms with Crippen LogP contribution in [0.4, 0.5) is 0 Å². The highest BCUT2D eigenvalue weighted by Crippen LogP contribution is 2.21. The molecule has 2 aromatic heterocycles. The highest BCUT2D eigenvalue weighted by Gasteiger charge is 2.19. The summed E-state index contributed by atoms with van der Waals surface area (Å²) in [7, 11) is 0. The van der Waals surface area contributed by atoms with Crippen molar-refractivity contribution in [3.63, 3.8) is 0 Å². The van der Waals surface area contributed by atoms with Crippen LogP contribution < -0.4 is 0 Å². The van der Waals surface area contributed by atoms with Gasteiger partial charge in [-0.15, -0.1) is 11.3 Å². The molecule has 0 bridgehead atoms. The number of aliphatic hydroxyl groups is 1. The molecule has 3 heterocycles. The predicted octanol–water partition coefficient (Wildman–Crippen LogP) is 0.908. The third-order valence-electron chi connectivity index (χ3n) is 3.45. The molecule has 0 amide bonds. The normalized spacial score (nSPS) is 17.6. The molecule has 108 valence electrons. The maximum atomic E-state index is 8.93. The van der Waals surface area contributed by atoms with Crippen LogP contribution in [0.2, 0.25) is 0 Å². The quantitative estimate of drug-likeness (QED) is 0.884.